The topological polar surface area (TPSA) is 41.1 Å². The molecular formula is C15H14FIN2O. The van der Waals surface area contributed by atoms with E-state index in [4.69, 9.17) is 0 Å². The van der Waals surface area contributed by atoms with Gasteiger partial charge in [-0.1, -0.05) is 11.6 Å². The highest BCUT2D eigenvalue weighted by atomic mass is 127. The van der Waals surface area contributed by atoms with Crippen molar-refractivity contribution in [2.45, 2.75) is 6.92 Å². The molecule has 2 aromatic rings. The highest BCUT2D eigenvalue weighted by Gasteiger charge is 2.13. The molecule has 1 amide bonds. The van der Waals surface area contributed by atoms with Gasteiger partial charge in [-0.05, 0) is 59.8 Å². The number of aryl methyl sites for hydroxylation is 1. The Morgan fingerprint density at radius 2 is 1.85 bits per heavy atom. The molecular weight excluding hydrogens is 370 g/mol. The van der Waals surface area contributed by atoms with Crippen LogP contribution in [0, 0.1) is 16.3 Å². The summed E-state index contributed by atoms with van der Waals surface area (Å²) in [5.74, 6) is -0.540. The van der Waals surface area contributed by atoms with Gasteiger partial charge in [-0.2, -0.15) is 0 Å². The Morgan fingerprint density at radius 3 is 2.50 bits per heavy atom. The number of nitrogens with one attached hydrogen (secondary N) is 2. The van der Waals surface area contributed by atoms with Crippen LogP contribution in [0.3, 0.4) is 0 Å². The van der Waals surface area contributed by atoms with Gasteiger partial charge in [0.15, 0.2) is 0 Å². The highest BCUT2D eigenvalue weighted by molar-refractivity contribution is 14.1. The number of hydrogen-bond acceptors (Lipinski definition) is 2. The fourth-order valence-corrected chi connectivity index (χ4v) is 2.46. The number of halogens is 2. The Bertz CT molecular complexity index is 658. The number of carbonyl (C=O) groups excluding carboxylic acids is 1. The zero-order chi connectivity index (χ0) is 14.7. The van der Waals surface area contributed by atoms with Crippen LogP contribution < -0.4 is 10.6 Å². The van der Waals surface area contributed by atoms with Crippen LogP contribution in [-0.4, -0.2) is 13.0 Å². The third kappa shape index (κ3) is 3.27. The lowest BCUT2D eigenvalue weighted by Gasteiger charge is -2.12. The highest BCUT2D eigenvalue weighted by Crippen LogP contribution is 2.22. The van der Waals surface area contributed by atoms with Crippen molar-refractivity contribution in [3.05, 3.63) is 56.9 Å². The SMILES string of the molecule is CNc1ccc(C)cc1C(=O)Nc1ccc(F)cc1I. The first-order chi connectivity index (χ1) is 9.51. The number of hydrogen-bond donors (Lipinski definition) is 2. The minimum absolute atomic E-state index is 0.220. The van der Waals surface area contributed by atoms with E-state index < -0.39 is 0 Å². The molecule has 3 nitrogen and oxygen atoms in total. The molecule has 5 heteroatoms. The first kappa shape index (κ1) is 14.8. The fourth-order valence-electron chi connectivity index (χ4n) is 1.84. The van der Waals surface area contributed by atoms with Crippen LogP contribution >= 0.6 is 22.6 Å². The van der Waals surface area contributed by atoms with E-state index in [1.807, 2.05) is 47.7 Å². The Hall–Kier alpha value is -1.63. The van der Waals surface area contributed by atoms with Crippen molar-refractivity contribution in [1.82, 2.24) is 0 Å². The molecule has 0 aliphatic rings. The average molecular weight is 384 g/mol. The van der Waals surface area contributed by atoms with Crippen LogP contribution in [0.15, 0.2) is 36.4 Å². The van der Waals surface area contributed by atoms with Crippen molar-refractivity contribution in [2.75, 3.05) is 17.7 Å². The summed E-state index contributed by atoms with van der Waals surface area (Å²) in [5, 5.41) is 5.79. The summed E-state index contributed by atoms with van der Waals surface area (Å²) < 4.78 is 13.7. The largest absolute Gasteiger partial charge is 0.387 e. The Balaban J connectivity index is 2.30. The predicted octanol–water partition coefficient (Wildman–Crippen LogP) is 4.03. The summed E-state index contributed by atoms with van der Waals surface area (Å²) in [7, 11) is 1.77. The minimum atomic E-state index is -0.320. The normalized spacial score (nSPS) is 10.2. The molecule has 0 aromatic heterocycles. The first-order valence-electron chi connectivity index (χ1n) is 6.06. The second kappa shape index (κ2) is 6.21. The van der Waals surface area contributed by atoms with E-state index in [-0.39, 0.29) is 11.7 Å². The van der Waals surface area contributed by atoms with E-state index in [0.717, 1.165) is 11.3 Å². The molecule has 0 aliphatic carbocycles. The van der Waals surface area contributed by atoms with Crippen LogP contribution in [0.5, 0.6) is 0 Å². The second-order valence-corrected chi connectivity index (χ2v) is 5.54. The van der Waals surface area contributed by atoms with Crippen LogP contribution in [0.2, 0.25) is 0 Å². The van der Waals surface area contributed by atoms with Crippen LogP contribution in [0.4, 0.5) is 15.8 Å². The van der Waals surface area contributed by atoms with Crippen LogP contribution in [0.1, 0.15) is 15.9 Å². The molecule has 20 heavy (non-hydrogen) atoms. The molecule has 0 heterocycles. The van der Waals surface area contributed by atoms with Gasteiger partial charge in [0.25, 0.3) is 5.91 Å². The summed E-state index contributed by atoms with van der Waals surface area (Å²) in [6, 6.07) is 9.88. The lowest BCUT2D eigenvalue weighted by Crippen LogP contribution is -2.15. The van der Waals surface area contributed by atoms with Gasteiger partial charge >= 0.3 is 0 Å². The maximum Gasteiger partial charge on any atom is 0.257 e. The molecule has 2 rings (SSSR count). The molecule has 104 valence electrons. The molecule has 2 aromatic carbocycles. The van der Waals surface area contributed by atoms with E-state index in [9.17, 15) is 9.18 Å². The molecule has 0 spiro atoms. The standard InChI is InChI=1S/C15H14FIN2O/c1-9-3-5-13(18-2)11(7-9)15(20)19-14-6-4-10(16)8-12(14)17/h3-8,18H,1-2H3,(H,19,20). The van der Waals surface area contributed by atoms with Gasteiger partial charge in [-0.3, -0.25) is 4.79 Å². The molecule has 0 aliphatic heterocycles. The van der Waals surface area contributed by atoms with E-state index >= 15 is 0 Å². The number of benzene rings is 2. The Kier molecular flexibility index (Phi) is 4.59. The molecule has 0 saturated carbocycles. The van der Waals surface area contributed by atoms with Gasteiger partial charge in [-0.15, -0.1) is 0 Å². The average Bonchev–Trinajstić information content (AvgIpc) is 2.41. The van der Waals surface area contributed by atoms with Crippen molar-refractivity contribution in [2.24, 2.45) is 0 Å². The first-order valence-corrected chi connectivity index (χ1v) is 7.14. The quantitative estimate of drug-likeness (QED) is 0.785. The molecule has 0 fully saturated rings. The fraction of sp³-hybridized carbons (Fsp3) is 0.133. The van der Waals surface area contributed by atoms with Gasteiger partial charge < -0.3 is 10.6 Å². The van der Waals surface area contributed by atoms with E-state index in [1.54, 1.807) is 13.1 Å². The van der Waals surface area contributed by atoms with E-state index in [0.29, 0.717) is 14.8 Å². The molecule has 2 N–H and O–H groups in total. The minimum Gasteiger partial charge on any atom is -0.387 e. The number of anilines is 2. The van der Waals surface area contributed by atoms with E-state index in [2.05, 4.69) is 10.6 Å². The summed E-state index contributed by atoms with van der Waals surface area (Å²) in [4.78, 5) is 12.3. The number of carbonyl (C=O) groups is 1. The van der Waals surface area contributed by atoms with Crippen molar-refractivity contribution < 1.29 is 9.18 Å². The summed E-state index contributed by atoms with van der Waals surface area (Å²) >= 11 is 1.99. The van der Waals surface area contributed by atoms with Gasteiger partial charge in [0.2, 0.25) is 0 Å². The van der Waals surface area contributed by atoms with E-state index in [1.165, 1.54) is 12.1 Å². The van der Waals surface area contributed by atoms with Gasteiger partial charge in [0.1, 0.15) is 5.82 Å². The Labute approximate surface area is 130 Å². The van der Waals surface area contributed by atoms with Gasteiger partial charge in [0, 0.05) is 16.3 Å². The van der Waals surface area contributed by atoms with Crippen LogP contribution in [0.25, 0.3) is 0 Å². The maximum absolute atomic E-state index is 13.1. The molecule has 0 unspecified atom stereocenters. The lowest BCUT2D eigenvalue weighted by molar-refractivity contribution is 0.102. The Morgan fingerprint density at radius 1 is 1.15 bits per heavy atom. The maximum atomic E-state index is 13.1. The van der Waals surface area contributed by atoms with Crippen molar-refractivity contribution in [3.63, 3.8) is 0 Å². The smallest absolute Gasteiger partial charge is 0.257 e. The number of rotatable bonds is 3. The zero-order valence-electron chi connectivity index (χ0n) is 11.1. The molecule has 0 atom stereocenters. The van der Waals surface area contributed by atoms with Crippen molar-refractivity contribution in [1.29, 1.82) is 0 Å². The van der Waals surface area contributed by atoms with Crippen molar-refractivity contribution in [3.8, 4) is 0 Å². The predicted molar refractivity (Wildman–Crippen MR) is 87.8 cm³/mol. The summed E-state index contributed by atoms with van der Waals surface area (Å²) in [6.07, 6.45) is 0. The van der Waals surface area contributed by atoms with Gasteiger partial charge in [0.05, 0.1) is 11.3 Å². The molecule has 0 radical (unpaired) electrons. The number of amides is 1. The van der Waals surface area contributed by atoms with Crippen molar-refractivity contribution >= 4 is 39.9 Å². The molecule has 0 bridgehead atoms. The summed E-state index contributed by atoms with van der Waals surface area (Å²) in [6.45, 7) is 1.93. The van der Waals surface area contributed by atoms with Gasteiger partial charge in [-0.25, -0.2) is 4.39 Å². The summed E-state index contributed by atoms with van der Waals surface area (Å²) in [5.41, 5.74) is 2.92. The second-order valence-electron chi connectivity index (χ2n) is 4.38. The lowest BCUT2D eigenvalue weighted by atomic mass is 10.1. The monoisotopic (exact) mass is 384 g/mol. The third-order valence-corrected chi connectivity index (χ3v) is 3.76. The third-order valence-electron chi connectivity index (χ3n) is 2.87. The van der Waals surface area contributed by atoms with Crippen LogP contribution in [-0.2, 0) is 0 Å². The zero-order valence-corrected chi connectivity index (χ0v) is 13.3. The molecule has 0 saturated heterocycles.